The molecule has 0 N–H and O–H groups in total. The van der Waals surface area contributed by atoms with Gasteiger partial charge in [-0.1, -0.05) is 24.3 Å². The van der Waals surface area contributed by atoms with E-state index >= 15 is 0 Å². The molecule has 3 aromatic rings. The van der Waals surface area contributed by atoms with Crippen LogP contribution in [0.15, 0.2) is 48.8 Å². The molecule has 39 heavy (non-hydrogen) atoms. The molecule has 1 aliphatic carbocycles. The van der Waals surface area contributed by atoms with Gasteiger partial charge in [0.05, 0.1) is 30.0 Å². The van der Waals surface area contributed by atoms with Crippen LogP contribution < -0.4 is 0 Å². The van der Waals surface area contributed by atoms with Gasteiger partial charge in [0.2, 0.25) is 5.91 Å². The summed E-state index contributed by atoms with van der Waals surface area (Å²) in [5.41, 5.74) is 2.33. The van der Waals surface area contributed by atoms with Crippen LogP contribution in [0.4, 0.5) is 4.39 Å². The maximum atomic E-state index is 14.0. The van der Waals surface area contributed by atoms with Crippen molar-refractivity contribution in [2.75, 3.05) is 32.8 Å². The largest absolute Gasteiger partial charge is 0.370 e. The highest BCUT2D eigenvalue weighted by Crippen LogP contribution is 2.36. The Balaban J connectivity index is 1.20. The van der Waals surface area contributed by atoms with Crippen LogP contribution in [0.5, 0.6) is 0 Å². The van der Waals surface area contributed by atoms with Gasteiger partial charge in [-0.25, -0.2) is 9.07 Å². The van der Waals surface area contributed by atoms with Crippen LogP contribution in [0.3, 0.4) is 0 Å². The number of amides is 1. The second kappa shape index (κ2) is 9.80. The van der Waals surface area contributed by atoms with Gasteiger partial charge in [-0.15, -0.1) is 5.10 Å². The maximum absolute atomic E-state index is 14.0. The fourth-order valence-corrected chi connectivity index (χ4v) is 5.98. The van der Waals surface area contributed by atoms with Crippen LogP contribution in [0.25, 0.3) is 5.69 Å². The number of hydrogen-bond donors (Lipinski definition) is 0. The van der Waals surface area contributed by atoms with E-state index in [2.05, 4.69) is 20.4 Å². The molecule has 3 aliphatic rings. The number of halogens is 1. The van der Waals surface area contributed by atoms with E-state index in [4.69, 9.17) is 4.74 Å². The lowest BCUT2D eigenvalue weighted by molar-refractivity contribution is -0.145. The average molecular weight is 528 g/mol. The molecule has 0 bridgehead atoms. The van der Waals surface area contributed by atoms with Crippen molar-refractivity contribution in [3.8, 4) is 11.8 Å². The first-order chi connectivity index (χ1) is 18.9. The third-order valence-corrected chi connectivity index (χ3v) is 8.10. The number of carbonyl (C=O) groups is 2. The van der Waals surface area contributed by atoms with Crippen LogP contribution >= 0.6 is 0 Å². The van der Waals surface area contributed by atoms with Crippen molar-refractivity contribution in [3.63, 3.8) is 0 Å². The molecule has 2 saturated heterocycles. The number of rotatable bonds is 4. The zero-order chi connectivity index (χ0) is 27.1. The van der Waals surface area contributed by atoms with Gasteiger partial charge in [-0.2, -0.15) is 5.26 Å². The van der Waals surface area contributed by atoms with Gasteiger partial charge in [0.15, 0.2) is 0 Å². The van der Waals surface area contributed by atoms with Crippen LogP contribution in [-0.4, -0.2) is 81.0 Å². The summed E-state index contributed by atoms with van der Waals surface area (Å²) in [5.74, 6) is -0.784. The predicted molar refractivity (Wildman–Crippen MR) is 136 cm³/mol. The molecule has 3 heterocycles. The van der Waals surface area contributed by atoms with E-state index in [1.165, 1.54) is 17.1 Å². The molecule has 10 nitrogen and oxygen atoms in total. The molecule has 3 atom stereocenters. The zero-order valence-corrected chi connectivity index (χ0v) is 21.3. The minimum atomic E-state index is -1.40. The van der Waals surface area contributed by atoms with Crippen LogP contribution in [0.1, 0.15) is 33.9 Å². The van der Waals surface area contributed by atoms with Gasteiger partial charge in [-0.3, -0.25) is 9.69 Å². The van der Waals surface area contributed by atoms with Crippen molar-refractivity contribution in [3.05, 3.63) is 82.4 Å². The molecule has 11 heteroatoms. The van der Waals surface area contributed by atoms with E-state index in [9.17, 15) is 19.2 Å². The number of nitriles is 1. The zero-order valence-electron chi connectivity index (χ0n) is 21.3. The summed E-state index contributed by atoms with van der Waals surface area (Å²) in [6.07, 6.45) is 6.11. The van der Waals surface area contributed by atoms with Gasteiger partial charge in [0, 0.05) is 26.2 Å². The van der Waals surface area contributed by atoms with Gasteiger partial charge in [0.1, 0.15) is 29.9 Å². The number of aldehydes is 1. The van der Waals surface area contributed by atoms with Gasteiger partial charge in [-0.05, 0) is 64.2 Å². The smallest absolute Gasteiger partial charge is 0.244 e. The Morgan fingerprint density at radius 3 is 2.90 bits per heavy atom. The number of fused-ring (bicyclic) bond motifs is 2. The fraction of sp³-hybridized carbons (Fsp3) is 0.357. The number of morpholine rings is 1. The van der Waals surface area contributed by atoms with Crippen LogP contribution in [0, 0.1) is 24.1 Å². The number of benzene rings is 2. The lowest BCUT2D eigenvalue weighted by Gasteiger charge is -2.47. The summed E-state index contributed by atoms with van der Waals surface area (Å²) in [7, 11) is 0. The first kappa shape index (κ1) is 25.0. The first-order valence-corrected chi connectivity index (χ1v) is 12.8. The highest BCUT2D eigenvalue weighted by molar-refractivity contribution is 6.06. The number of tetrazole rings is 1. The maximum Gasteiger partial charge on any atom is 0.244 e. The van der Waals surface area contributed by atoms with Gasteiger partial charge < -0.3 is 14.4 Å². The SMILES string of the molecule is Cc1c([C@H]2CN3CCN(C(=O)C4(C=O)C=CCc5cc(-n6cnnn6)ccc54)C[C@@H]3CO2)ccc(F)c1C#N. The fourth-order valence-electron chi connectivity index (χ4n) is 5.98. The van der Waals surface area contributed by atoms with Crippen LogP contribution in [-0.2, 0) is 26.2 Å². The van der Waals surface area contributed by atoms with Crippen molar-refractivity contribution < 1.29 is 18.7 Å². The minimum Gasteiger partial charge on any atom is -0.370 e. The summed E-state index contributed by atoms with van der Waals surface area (Å²) in [5, 5.41) is 20.6. The van der Waals surface area contributed by atoms with E-state index < -0.39 is 11.2 Å². The number of hydrogen-bond acceptors (Lipinski definition) is 8. The van der Waals surface area contributed by atoms with E-state index in [-0.39, 0.29) is 23.6 Å². The third-order valence-electron chi connectivity index (χ3n) is 8.10. The van der Waals surface area contributed by atoms with Crippen molar-refractivity contribution in [1.82, 2.24) is 30.0 Å². The molecular weight excluding hydrogens is 501 g/mol. The number of ether oxygens (including phenoxy) is 1. The Labute approximate surface area is 224 Å². The van der Waals surface area contributed by atoms with Crippen molar-refractivity contribution in [2.24, 2.45) is 0 Å². The number of allylic oxidation sites excluding steroid dienone is 1. The topological polar surface area (TPSA) is 117 Å². The summed E-state index contributed by atoms with van der Waals surface area (Å²) < 4.78 is 21.7. The van der Waals surface area contributed by atoms with E-state index in [0.717, 1.165) is 23.1 Å². The monoisotopic (exact) mass is 527 g/mol. The van der Waals surface area contributed by atoms with Crippen molar-refractivity contribution in [1.29, 1.82) is 5.26 Å². The molecular formula is C28H26FN7O3. The Morgan fingerprint density at radius 1 is 1.26 bits per heavy atom. The molecule has 2 aromatic carbocycles. The predicted octanol–water partition coefficient (Wildman–Crippen LogP) is 1.81. The summed E-state index contributed by atoms with van der Waals surface area (Å²) >= 11 is 0. The van der Waals surface area contributed by atoms with E-state index in [0.29, 0.717) is 50.3 Å². The number of nitrogens with zero attached hydrogens (tertiary/aromatic N) is 7. The van der Waals surface area contributed by atoms with Crippen LogP contribution in [0.2, 0.25) is 0 Å². The Morgan fingerprint density at radius 2 is 2.13 bits per heavy atom. The van der Waals surface area contributed by atoms with Crippen molar-refractivity contribution >= 4 is 12.2 Å². The van der Waals surface area contributed by atoms with E-state index in [1.807, 2.05) is 30.3 Å². The molecule has 2 aliphatic heterocycles. The van der Waals surface area contributed by atoms with Gasteiger partial charge >= 0.3 is 0 Å². The third kappa shape index (κ3) is 4.13. The second-order valence-corrected chi connectivity index (χ2v) is 10.2. The highest BCUT2D eigenvalue weighted by atomic mass is 19.1. The molecule has 0 spiro atoms. The molecule has 1 unspecified atom stereocenters. The average Bonchev–Trinajstić information content (AvgIpc) is 3.51. The number of aromatic nitrogens is 4. The number of carbonyl (C=O) groups excluding carboxylic acids is 2. The molecule has 0 saturated carbocycles. The van der Waals surface area contributed by atoms with Crippen molar-refractivity contribution in [2.45, 2.75) is 30.9 Å². The Kier molecular flexibility index (Phi) is 6.29. The lowest BCUT2D eigenvalue weighted by atomic mass is 9.73. The highest BCUT2D eigenvalue weighted by Gasteiger charge is 2.46. The molecule has 6 rings (SSSR count). The summed E-state index contributed by atoms with van der Waals surface area (Å²) in [6.45, 7) is 4.21. The molecule has 0 radical (unpaired) electrons. The number of piperazine rings is 1. The lowest BCUT2D eigenvalue weighted by Crippen LogP contribution is -2.62. The Hall–Kier alpha value is -4.27. The quantitative estimate of drug-likeness (QED) is 0.287. The standard InChI is InChI=1S/C28H26FN7O3/c1-18-22(5-7-25(29)23(18)12-30)26-14-34-9-10-35(13-21(34)15-39-26)27(38)28(16-37)8-2-3-19-11-20(4-6-24(19)28)36-17-31-32-33-36/h2,4-8,11,16-17,21,26H,3,9-10,13-15H2,1H3/t21-,26-,28?/m1/s1. The molecule has 1 amide bonds. The Bertz CT molecular complexity index is 1520. The normalized spacial score (nSPS) is 24.5. The molecule has 2 fully saturated rings. The molecule has 198 valence electrons. The summed E-state index contributed by atoms with van der Waals surface area (Å²) in [6, 6.07) is 10.4. The molecule has 1 aromatic heterocycles. The summed E-state index contributed by atoms with van der Waals surface area (Å²) in [4.78, 5) is 30.6. The second-order valence-electron chi connectivity index (χ2n) is 10.2. The van der Waals surface area contributed by atoms with Gasteiger partial charge in [0.25, 0.3) is 0 Å². The minimum absolute atomic E-state index is 0.0342. The first-order valence-electron chi connectivity index (χ1n) is 12.8. The van der Waals surface area contributed by atoms with E-state index in [1.54, 1.807) is 24.0 Å².